The normalized spacial score (nSPS) is 9.94. The van der Waals surface area contributed by atoms with Gasteiger partial charge in [-0.3, -0.25) is 10.1 Å². The molecular weight excluding hydrogens is 393 g/mol. The molecule has 0 spiro atoms. The quantitative estimate of drug-likeness (QED) is 0.339. The zero-order valence-corrected chi connectivity index (χ0v) is 11.9. The predicted octanol–water partition coefficient (Wildman–Crippen LogP) is 3.14. The third kappa shape index (κ3) is 2.91. The molecule has 0 aliphatic rings. The van der Waals surface area contributed by atoms with Crippen LogP contribution in [0.4, 0.5) is 5.69 Å². The first-order valence-electron chi connectivity index (χ1n) is 4.28. The molecule has 1 aromatic rings. The van der Waals surface area contributed by atoms with Gasteiger partial charge in [0.25, 0.3) is 5.69 Å². The van der Waals surface area contributed by atoms with E-state index in [2.05, 4.69) is 15.9 Å². The maximum Gasteiger partial charge on any atom is 0.339 e. The Balaban J connectivity index is 3.29. The number of ether oxygens (including phenoxy) is 1. The Hall–Kier alpha value is -0.700. The number of carbonyl (C=O) groups excluding carboxylic acids is 1. The number of nitro benzene ring substituents is 1. The van der Waals surface area contributed by atoms with Crippen LogP contribution in [0.2, 0.25) is 0 Å². The summed E-state index contributed by atoms with van der Waals surface area (Å²) in [5, 5.41) is 10.7. The second-order valence-corrected chi connectivity index (χ2v) is 4.76. The molecule has 0 N–H and O–H groups in total. The first-order chi connectivity index (χ1) is 7.47. The average Bonchev–Trinajstić information content (AvgIpc) is 2.20. The average molecular weight is 400 g/mol. The standard InChI is InChI=1S/C9H7BrINO4/c1-2-16-9(13)6-3-5(10)4-7(8(6)11)12(14)15/h3-4H,2H2,1H3. The van der Waals surface area contributed by atoms with Crippen molar-refractivity contribution in [3.63, 3.8) is 0 Å². The monoisotopic (exact) mass is 399 g/mol. The van der Waals surface area contributed by atoms with E-state index in [1.54, 1.807) is 29.5 Å². The Morgan fingerprint density at radius 3 is 2.75 bits per heavy atom. The molecule has 1 rings (SSSR count). The highest BCUT2D eigenvalue weighted by atomic mass is 127. The van der Waals surface area contributed by atoms with E-state index in [1.165, 1.54) is 12.1 Å². The maximum absolute atomic E-state index is 11.5. The summed E-state index contributed by atoms with van der Waals surface area (Å²) < 4.78 is 5.57. The molecule has 0 aromatic heterocycles. The van der Waals surface area contributed by atoms with Gasteiger partial charge >= 0.3 is 5.97 Å². The van der Waals surface area contributed by atoms with Crippen LogP contribution < -0.4 is 0 Å². The molecule has 0 saturated heterocycles. The van der Waals surface area contributed by atoms with Gasteiger partial charge in [0.2, 0.25) is 0 Å². The van der Waals surface area contributed by atoms with E-state index in [-0.39, 0.29) is 21.4 Å². The van der Waals surface area contributed by atoms with Crippen LogP contribution in [0.5, 0.6) is 0 Å². The maximum atomic E-state index is 11.5. The third-order valence-corrected chi connectivity index (χ3v) is 3.30. The largest absolute Gasteiger partial charge is 0.462 e. The molecule has 0 amide bonds. The molecular formula is C9H7BrINO4. The van der Waals surface area contributed by atoms with Crippen molar-refractivity contribution < 1.29 is 14.5 Å². The highest BCUT2D eigenvalue weighted by Crippen LogP contribution is 2.29. The van der Waals surface area contributed by atoms with Crippen molar-refractivity contribution in [2.45, 2.75) is 6.92 Å². The number of halogens is 2. The van der Waals surface area contributed by atoms with Gasteiger partial charge in [0.05, 0.1) is 17.1 Å². The third-order valence-electron chi connectivity index (χ3n) is 1.71. The van der Waals surface area contributed by atoms with Crippen LogP contribution in [-0.2, 0) is 4.74 Å². The van der Waals surface area contributed by atoms with Crippen molar-refractivity contribution in [2.75, 3.05) is 6.61 Å². The van der Waals surface area contributed by atoms with E-state index < -0.39 is 10.9 Å². The summed E-state index contributed by atoms with van der Waals surface area (Å²) in [6.45, 7) is 1.91. The van der Waals surface area contributed by atoms with Gasteiger partial charge in [0.1, 0.15) is 3.57 Å². The lowest BCUT2D eigenvalue weighted by Crippen LogP contribution is -2.08. The number of benzene rings is 1. The SMILES string of the molecule is CCOC(=O)c1cc(Br)cc([N+](=O)[O-])c1I. The summed E-state index contributed by atoms with van der Waals surface area (Å²) in [6, 6.07) is 2.86. The van der Waals surface area contributed by atoms with Crippen molar-refractivity contribution in [3.8, 4) is 0 Å². The molecule has 1 aromatic carbocycles. The summed E-state index contributed by atoms with van der Waals surface area (Å²) >= 11 is 4.88. The highest BCUT2D eigenvalue weighted by Gasteiger charge is 2.21. The number of rotatable bonds is 3. The Bertz CT molecular complexity index is 449. The molecule has 0 unspecified atom stereocenters. The van der Waals surface area contributed by atoms with E-state index in [1.807, 2.05) is 0 Å². The molecule has 0 aliphatic carbocycles. The van der Waals surface area contributed by atoms with Crippen LogP contribution >= 0.6 is 38.5 Å². The van der Waals surface area contributed by atoms with Crippen LogP contribution in [-0.4, -0.2) is 17.5 Å². The van der Waals surface area contributed by atoms with Gasteiger partial charge in [0, 0.05) is 10.5 Å². The first-order valence-corrected chi connectivity index (χ1v) is 6.15. The van der Waals surface area contributed by atoms with E-state index in [4.69, 9.17) is 4.74 Å². The summed E-state index contributed by atoms with van der Waals surface area (Å²) in [7, 11) is 0. The second kappa shape index (κ2) is 5.58. The Labute approximate surface area is 114 Å². The van der Waals surface area contributed by atoms with E-state index in [0.717, 1.165) is 0 Å². The molecule has 0 bridgehead atoms. The van der Waals surface area contributed by atoms with Gasteiger partial charge in [-0.05, 0) is 35.6 Å². The lowest BCUT2D eigenvalue weighted by molar-refractivity contribution is -0.385. The molecule has 86 valence electrons. The van der Waals surface area contributed by atoms with E-state index in [0.29, 0.717) is 4.47 Å². The number of carbonyl (C=O) groups is 1. The van der Waals surface area contributed by atoms with Crippen LogP contribution in [0, 0.1) is 13.7 Å². The minimum Gasteiger partial charge on any atom is -0.462 e. The zero-order valence-electron chi connectivity index (χ0n) is 8.20. The molecule has 0 aliphatic heterocycles. The smallest absolute Gasteiger partial charge is 0.339 e. The molecule has 0 heterocycles. The fourth-order valence-electron chi connectivity index (χ4n) is 1.07. The van der Waals surface area contributed by atoms with Crippen molar-refractivity contribution in [1.29, 1.82) is 0 Å². The summed E-state index contributed by atoms with van der Waals surface area (Å²) in [4.78, 5) is 21.7. The van der Waals surface area contributed by atoms with Gasteiger partial charge in [-0.2, -0.15) is 0 Å². The van der Waals surface area contributed by atoms with Gasteiger partial charge in [-0.1, -0.05) is 15.9 Å². The Kier molecular flexibility index (Phi) is 4.66. The Morgan fingerprint density at radius 2 is 2.25 bits per heavy atom. The van der Waals surface area contributed by atoms with Crippen LogP contribution in [0.3, 0.4) is 0 Å². The Morgan fingerprint density at radius 1 is 1.62 bits per heavy atom. The predicted molar refractivity (Wildman–Crippen MR) is 69.5 cm³/mol. The lowest BCUT2D eigenvalue weighted by Gasteiger charge is -2.05. The van der Waals surface area contributed by atoms with Gasteiger partial charge in [-0.25, -0.2) is 4.79 Å². The summed E-state index contributed by atoms with van der Waals surface area (Å²) in [5.74, 6) is -0.559. The van der Waals surface area contributed by atoms with Gasteiger partial charge < -0.3 is 4.74 Å². The van der Waals surface area contributed by atoms with Crippen molar-refractivity contribution >= 4 is 50.2 Å². The molecule has 0 atom stereocenters. The van der Waals surface area contributed by atoms with Gasteiger partial charge in [0.15, 0.2) is 0 Å². The van der Waals surface area contributed by atoms with Crippen molar-refractivity contribution in [3.05, 3.63) is 35.9 Å². The van der Waals surface area contributed by atoms with Crippen molar-refractivity contribution in [2.24, 2.45) is 0 Å². The minimum atomic E-state index is -0.559. The van der Waals surface area contributed by atoms with Gasteiger partial charge in [-0.15, -0.1) is 0 Å². The summed E-state index contributed by atoms with van der Waals surface area (Å²) in [6.07, 6.45) is 0. The second-order valence-electron chi connectivity index (χ2n) is 2.76. The van der Waals surface area contributed by atoms with Crippen LogP contribution in [0.15, 0.2) is 16.6 Å². The molecule has 5 nitrogen and oxygen atoms in total. The first kappa shape index (κ1) is 13.4. The zero-order chi connectivity index (χ0) is 12.3. The molecule has 16 heavy (non-hydrogen) atoms. The molecule has 0 saturated carbocycles. The van der Waals surface area contributed by atoms with Crippen LogP contribution in [0.25, 0.3) is 0 Å². The molecule has 7 heteroatoms. The number of esters is 1. The number of nitro groups is 1. The summed E-state index contributed by atoms with van der Waals surface area (Å²) in [5.41, 5.74) is 0.0848. The minimum absolute atomic E-state index is 0.113. The van der Waals surface area contributed by atoms with Crippen molar-refractivity contribution in [1.82, 2.24) is 0 Å². The fourth-order valence-corrected chi connectivity index (χ4v) is 2.24. The number of hydrogen-bond donors (Lipinski definition) is 0. The molecule has 0 radical (unpaired) electrons. The van der Waals surface area contributed by atoms with Crippen LogP contribution in [0.1, 0.15) is 17.3 Å². The lowest BCUT2D eigenvalue weighted by atomic mass is 10.2. The van der Waals surface area contributed by atoms with E-state index >= 15 is 0 Å². The number of nitrogens with zero attached hydrogens (tertiary/aromatic N) is 1. The number of hydrogen-bond acceptors (Lipinski definition) is 4. The molecule has 0 fully saturated rings. The topological polar surface area (TPSA) is 69.4 Å². The fraction of sp³-hybridized carbons (Fsp3) is 0.222. The highest BCUT2D eigenvalue weighted by molar-refractivity contribution is 14.1. The van der Waals surface area contributed by atoms with E-state index in [9.17, 15) is 14.9 Å².